The molecule has 0 fully saturated rings. The SMILES string of the molecule is CCOC(OCC)c1cn(-c2cc(Cl)ccc2F)nn1. The molecular weight excluding hydrogens is 285 g/mol. The molecule has 0 aliphatic carbocycles. The molecular formula is C13H15ClFN3O2. The van der Waals surface area contributed by atoms with Crippen LogP contribution >= 0.6 is 11.6 Å². The Hall–Kier alpha value is -1.50. The van der Waals surface area contributed by atoms with E-state index in [2.05, 4.69) is 10.3 Å². The van der Waals surface area contributed by atoms with E-state index in [0.29, 0.717) is 23.9 Å². The van der Waals surface area contributed by atoms with Crippen LogP contribution in [0.2, 0.25) is 5.02 Å². The summed E-state index contributed by atoms with van der Waals surface area (Å²) in [5.74, 6) is -0.435. The molecule has 108 valence electrons. The zero-order valence-corrected chi connectivity index (χ0v) is 12.0. The summed E-state index contributed by atoms with van der Waals surface area (Å²) in [5.41, 5.74) is 0.705. The summed E-state index contributed by atoms with van der Waals surface area (Å²) in [7, 11) is 0. The molecule has 0 aliphatic heterocycles. The third kappa shape index (κ3) is 3.33. The van der Waals surface area contributed by atoms with Crippen molar-refractivity contribution >= 4 is 11.6 Å². The van der Waals surface area contributed by atoms with E-state index in [9.17, 15) is 4.39 Å². The maximum Gasteiger partial charge on any atom is 0.204 e. The molecule has 0 saturated heterocycles. The minimum absolute atomic E-state index is 0.225. The molecule has 0 N–H and O–H groups in total. The van der Waals surface area contributed by atoms with E-state index in [1.54, 1.807) is 6.20 Å². The van der Waals surface area contributed by atoms with Gasteiger partial charge in [0, 0.05) is 18.2 Å². The van der Waals surface area contributed by atoms with Crippen molar-refractivity contribution in [2.24, 2.45) is 0 Å². The Morgan fingerprint density at radius 2 is 2.00 bits per heavy atom. The Morgan fingerprint density at radius 3 is 2.65 bits per heavy atom. The summed E-state index contributed by atoms with van der Waals surface area (Å²) >= 11 is 5.86. The molecule has 1 heterocycles. The molecule has 5 nitrogen and oxygen atoms in total. The van der Waals surface area contributed by atoms with Gasteiger partial charge in [-0.1, -0.05) is 16.8 Å². The van der Waals surface area contributed by atoms with E-state index < -0.39 is 12.1 Å². The van der Waals surface area contributed by atoms with Gasteiger partial charge in [-0.2, -0.15) is 0 Å². The lowest BCUT2D eigenvalue weighted by atomic mass is 10.3. The van der Waals surface area contributed by atoms with E-state index in [0.717, 1.165) is 0 Å². The van der Waals surface area contributed by atoms with Gasteiger partial charge in [0.15, 0.2) is 0 Å². The van der Waals surface area contributed by atoms with Gasteiger partial charge in [0.2, 0.25) is 6.29 Å². The van der Waals surface area contributed by atoms with Gasteiger partial charge in [-0.15, -0.1) is 5.10 Å². The highest BCUT2D eigenvalue weighted by molar-refractivity contribution is 6.30. The average molecular weight is 300 g/mol. The van der Waals surface area contributed by atoms with Crippen LogP contribution in [0, 0.1) is 5.82 Å². The minimum Gasteiger partial charge on any atom is -0.347 e. The highest BCUT2D eigenvalue weighted by Gasteiger charge is 2.17. The Bertz CT molecular complexity index is 570. The van der Waals surface area contributed by atoms with Crippen LogP contribution < -0.4 is 0 Å². The highest BCUT2D eigenvalue weighted by atomic mass is 35.5. The molecule has 2 rings (SSSR count). The van der Waals surface area contributed by atoms with E-state index in [1.165, 1.54) is 22.9 Å². The summed E-state index contributed by atoms with van der Waals surface area (Å²) in [6.07, 6.45) is 0.950. The first kappa shape index (κ1) is 14.9. The van der Waals surface area contributed by atoms with Crippen LogP contribution in [0.3, 0.4) is 0 Å². The predicted octanol–water partition coefficient (Wildman–Crippen LogP) is 3.13. The number of rotatable bonds is 6. The fourth-order valence-corrected chi connectivity index (χ4v) is 1.85. The van der Waals surface area contributed by atoms with Crippen LogP contribution in [-0.2, 0) is 9.47 Å². The van der Waals surface area contributed by atoms with Crippen LogP contribution in [0.1, 0.15) is 25.8 Å². The lowest BCUT2D eigenvalue weighted by Gasteiger charge is -2.13. The molecule has 0 spiro atoms. The lowest BCUT2D eigenvalue weighted by Crippen LogP contribution is -2.09. The Labute approximate surface area is 121 Å². The summed E-state index contributed by atoms with van der Waals surface area (Å²) in [5, 5.41) is 8.26. The molecule has 20 heavy (non-hydrogen) atoms. The first-order chi connectivity index (χ1) is 9.65. The molecule has 7 heteroatoms. The van der Waals surface area contributed by atoms with E-state index in [-0.39, 0.29) is 5.69 Å². The van der Waals surface area contributed by atoms with Crippen LogP contribution in [0.4, 0.5) is 4.39 Å². The van der Waals surface area contributed by atoms with Crippen molar-refractivity contribution < 1.29 is 13.9 Å². The Morgan fingerprint density at radius 1 is 1.30 bits per heavy atom. The van der Waals surface area contributed by atoms with Crippen molar-refractivity contribution in [1.29, 1.82) is 0 Å². The van der Waals surface area contributed by atoms with Crippen LogP contribution in [0.15, 0.2) is 24.4 Å². The number of nitrogens with zero attached hydrogens (tertiary/aromatic N) is 3. The molecule has 1 aromatic carbocycles. The maximum absolute atomic E-state index is 13.8. The van der Waals surface area contributed by atoms with Gasteiger partial charge < -0.3 is 9.47 Å². The topological polar surface area (TPSA) is 49.2 Å². The Kier molecular flexibility index (Phi) is 5.05. The van der Waals surface area contributed by atoms with E-state index in [1.807, 2.05) is 13.8 Å². The smallest absolute Gasteiger partial charge is 0.204 e. The van der Waals surface area contributed by atoms with Crippen LogP contribution in [0.5, 0.6) is 0 Å². The zero-order chi connectivity index (χ0) is 14.5. The van der Waals surface area contributed by atoms with Crippen molar-refractivity contribution in [2.75, 3.05) is 13.2 Å². The number of hydrogen-bond acceptors (Lipinski definition) is 4. The van der Waals surface area contributed by atoms with Crippen LogP contribution in [0.25, 0.3) is 5.69 Å². The second kappa shape index (κ2) is 6.78. The molecule has 0 aliphatic rings. The second-order valence-corrected chi connectivity index (χ2v) is 4.36. The first-order valence-electron chi connectivity index (χ1n) is 6.26. The number of hydrogen-bond donors (Lipinski definition) is 0. The summed E-state index contributed by atoms with van der Waals surface area (Å²) in [6.45, 7) is 4.66. The quantitative estimate of drug-likeness (QED) is 0.769. The maximum atomic E-state index is 13.8. The third-order valence-electron chi connectivity index (χ3n) is 2.54. The number of halogens is 2. The fraction of sp³-hybridized carbons (Fsp3) is 0.385. The van der Waals surface area contributed by atoms with E-state index >= 15 is 0 Å². The number of ether oxygens (including phenoxy) is 2. The van der Waals surface area contributed by atoms with Crippen molar-refractivity contribution in [2.45, 2.75) is 20.1 Å². The summed E-state index contributed by atoms with van der Waals surface area (Å²) in [6, 6.07) is 4.23. The average Bonchev–Trinajstić information content (AvgIpc) is 2.91. The highest BCUT2D eigenvalue weighted by Crippen LogP contribution is 2.21. The van der Waals surface area contributed by atoms with Crippen molar-refractivity contribution in [1.82, 2.24) is 15.0 Å². The van der Waals surface area contributed by atoms with Gasteiger partial charge in [-0.25, -0.2) is 9.07 Å². The molecule has 2 aromatic rings. The monoisotopic (exact) mass is 299 g/mol. The Balaban J connectivity index is 2.29. The standard InChI is InChI=1S/C13H15ClFN3O2/c1-3-19-13(20-4-2)11-8-18(17-16-11)12-7-9(14)5-6-10(12)15/h5-8,13H,3-4H2,1-2H3. The van der Waals surface area contributed by atoms with Crippen molar-refractivity contribution in [3.63, 3.8) is 0 Å². The summed E-state index contributed by atoms with van der Waals surface area (Å²) in [4.78, 5) is 0. The van der Waals surface area contributed by atoms with Gasteiger partial charge in [-0.05, 0) is 32.0 Å². The van der Waals surface area contributed by atoms with Gasteiger partial charge in [-0.3, -0.25) is 0 Å². The van der Waals surface area contributed by atoms with Crippen LogP contribution in [-0.4, -0.2) is 28.2 Å². The summed E-state index contributed by atoms with van der Waals surface area (Å²) < 4.78 is 25.9. The molecule has 0 radical (unpaired) electrons. The molecule has 0 saturated carbocycles. The minimum atomic E-state index is -0.610. The largest absolute Gasteiger partial charge is 0.347 e. The zero-order valence-electron chi connectivity index (χ0n) is 11.2. The predicted molar refractivity (Wildman–Crippen MR) is 72.3 cm³/mol. The van der Waals surface area contributed by atoms with Gasteiger partial charge in [0.05, 0.1) is 6.20 Å². The van der Waals surface area contributed by atoms with Crippen molar-refractivity contribution in [3.05, 3.63) is 40.9 Å². The second-order valence-electron chi connectivity index (χ2n) is 3.93. The first-order valence-corrected chi connectivity index (χ1v) is 6.64. The van der Waals surface area contributed by atoms with Crippen molar-refractivity contribution in [3.8, 4) is 5.69 Å². The third-order valence-corrected chi connectivity index (χ3v) is 2.78. The van der Waals surface area contributed by atoms with Gasteiger partial charge in [0.1, 0.15) is 17.2 Å². The molecule has 1 aromatic heterocycles. The fourth-order valence-electron chi connectivity index (χ4n) is 1.69. The number of aromatic nitrogens is 3. The lowest BCUT2D eigenvalue weighted by molar-refractivity contribution is -0.142. The number of benzene rings is 1. The molecule has 0 amide bonds. The van der Waals surface area contributed by atoms with Gasteiger partial charge in [0.25, 0.3) is 0 Å². The van der Waals surface area contributed by atoms with E-state index in [4.69, 9.17) is 21.1 Å². The molecule has 0 unspecified atom stereocenters. The molecule has 0 bridgehead atoms. The normalized spacial score (nSPS) is 11.2. The molecule has 0 atom stereocenters. The van der Waals surface area contributed by atoms with Gasteiger partial charge >= 0.3 is 0 Å².